The Kier molecular flexibility index (Phi) is 5.17. The molecule has 32 heavy (non-hydrogen) atoms. The van der Waals surface area contributed by atoms with E-state index in [1.54, 1.807) is 43.4 Å². The number of hydrogen-bond donors (Lipinski definition) is 2. The second-order valence-corrected chi connectivity index (χ2v) is 7.85. The molecule has 2 aromatic carbocycles. The SMILES string of the molecule is CN(C)c1ccc2c(c1)c(=O)n(-c1ccc(CCC(=O)O)c3ccc(N)nc13)c(=O)n2C. The lowest BCUT2D eigenvalue weighted by atomic mass is 10.0. The number of carboxylic acids is 1. The highest BCUT2D eigenvalue weighted by atomic mass is 16.4. The summed E-state index contributed by atoms with van der Waals surface area (Å²) >= 11 is 0. The van der Waals surface area contributed by atoms with Gasteiger partial charge in [0.1, 0.15) is 5.82 Å². The molecule has 0 aliphatic carbocycles. The van der Waals surface area contributed by atoms with Crippen LogP contribution in [-0.4, -0.2) is 39.3 Å². The zero-order valence-corrected chi connectivity index (χ0v) is 18.0. The maximum atomic E-state index is 13.5. The lowest BCUT2D eigenvalue weighted by Gasteiger charge is -2.16. The van der Waals surface area contributed by atoms with E-state index in [0.717, 1.165) is 15.8 Å². The van der Waals surface area contributed by atoms with E-state index in [1.807, 2.05) is 25.1 Å². The molecule has 0 amide bonds. The molecule has 0 saturated carbocycles. The van der Waals surface area contributed by atoms with Crippen molar-refractivity contribution in [3.63, 3.8) is 0 Å². The minimum atomic E-state index is -0.915. The van der Waals surface area contributed by atoms with Gasteiger partial charge in [0.2, 0.25) is 0 Å². The highest BCUT2D eigenvalue weighted by molar-refractivity contribution is 5.91. The van der Waals surface area contributed by atoms with Crippen molar-refractivity contribution in [3.05, 3.63) is 68.9 Å². The summed E-state index contributed by atoms with van der Waals surface area (Å²) in [5, 5.41) is 10.1. The highest BCUT2D eigenvalue weighted by Gasteiger charge is 2.18. The minimum absolute atomic E-state index is 0.0518. The number of hydrogen-bond acceptors (Lipinski definition) is 6. The number of pyridine rings is 1. The van der Waals surface area contributed by atoms with Crippen LogP contribution in [0.1, 0.15) is 12.0 Å². The molecule has 9 heteroatoms. The van der Waals surface area contributed by atoms with Crippen molar-refractivity contribution in [2.45, 2.75) is 12.8 Å². The van der Waals surface area contributed by atoms with E-state index in [1.165, 1.54) is 4.57 Å². The number of carbonyl (C=O) groups is 1. The van der Waals surface area contributed by atoms with Gasteiger partial charge in [-0.25, -0.2) is 14.3 Å². The van der Waals surface area contributed by atoms with Crippen molar-refractivity contribution >= 4 is 39.3 Å². The molecule has 4 rings (SSSR count). The van der Waals surface area contributed by atoms with E-state index >= 15 is 0 Å². The normalized spacial score (nSPS) is 11.2. The number of nitrogens with two attached hydrogens (primary N) is 1. The van der Waals surface area contributed by atoms with E-state index in [9.17, 15) is 14.4 Å². The molecule has 0 unspecified atom stereocenters. The van der Waals surface area contributed by atoms with Crippen molar-refractivity contribution < 1.29 is 9.90 Å². The zero-order chi connectivity index (χ0) is 23.2. The number of anilines is 2. The third-order valence-corrected chi connectivity index (χ3v) is 5.57. The molecule has 0 spiro atoms. The highest BCUT2D eigenvalue weighted by Crippen LogP contribution is 2.26. The molecular formula is C23H23N5O4. The van der Waals surface area contributed by atoms with Crippen molar-refractivity contribution in [1.29, 1.82) is 0 Å². The summed E-state index contributed by atoms with van der Waals surface area (Å²) in [6.07, 6.45) is 0.234. The monoisotopic (exact) mass is 433 g/mol. The average Bonchev–Trinajstić information content (AvgIpc) is 2.76. The molecule has 164 valence electrons. The van der Waals surface area contributed by atoms with E-state index in [0.29, 0.717) is 27.5 Å². The molecule has 3 N–H and O–H groups in total. The number of fused-ring (bicyclic) bond motifs is 2. The van der Waals surface area contributed by atoms with Crippen LogP contribution < -0.4 is 21.9 Å². The molecule has 0 radical (unpaired) electrons. The Bertz CT molecular complexity index is 1500. The first-order valence-corrected chi connectivity index (χ1v) is 10.0. The quantitative estimate of drug-likeness (QED) is 0.493. The number of aryl methyl sites for hydroxylation is 2. The number of aromatic nitrogens is 3. The molecular weight excluding hydrogens is 410 g/mol. The Labute approximate surface area is 182 Å². The summed E-state index contributed by atoms with van der Waals surface area (Å²) in [6.45, 7) is 0. The average molecular weight is 433 g/mol. The number of nitrogen functional groups attached to an aromatic ring is 1. The summed E-state index contributed by atoms with van der Waals surface area (Å²) in [7, 11) is 5.36. The number of carboxylic acid groups (broad SMARTS) is 1. The molecule has 9 nitrogen and oxygen atoms in total. The van der Waals surface area contributed by atoms with Gasteiger partial charge in [0.25, 0.3) is 5.56 Å². The van der Waals surface area contributed by atoms with Gasteiger partial charge in [0.15, 0.2) is 0 Å². The Balaban J connectivity index is 2.06. The largest absolute Gasteiger partial charge is 0.481 e. The lowest BCUT2D eigenvalue weighted by Crippen LogP contribution is -2.38. The van der Waals surface area contributed by atoms with Gasteiger partial charge in [0.05, 0.1) is 22.1 Å². The minimum Gasteiger partial charge on any atom is -0.481 e. The fourth-order valence-corrected chi connectivity index (χ4v) is 3.86. The second kappa shape index (κ2) is 7.84. The standard InChI is InChI=1S/C23H23N5O4/c1-26(2)14-6-9-17-16(12-14)22(31)28(23(32)27(17)3)18-8-4-13(5-11-20(29)30)15-7-10-19(24)25-21(15)18/h4,6-10,12H,5,11H2,1-3H3,(H2,24,25)(H,29,30). The van der Waals surface area contributed by atoms with Gasteiger partial charge in [-0.15, -0.1) is 0 Å². The summed E-state index contributed by atoms with van der Waals surface area (Å²) in [6, 6.07) is 12.0. The van der Waals surface area contributed by atoms with Crippen LogP contribution in [0.25, 0.3) is 27.5 Å². The van der Waals surface area contributed by atoms with Gasteiger partial charge < -0.3 is 15.7 Å². The predicted molar refractivity (Wildman–Crippen MR) is 125 cm³/mol. The van der Waals surface area contributed by atoms with Crippen molar-refractivity contribution in [3.8, 4) is 5.69 Å². The van der Waals surface area contributed by atoms with Crippen LogP contribution >= 0.6 is 0 Å². The molecule has 0 saturated heterocycles. The summed E-state index contributed by atoms with van der Waals surface area (Å²) in [4.78, 5) is 44.0. The zero-order valence-electron chi connectivity index (χ0n) is 18.0. The van der Waals surface area contributed by atoms with Crippen molar-refractivity contribution in [2.24, 2.45) is 7.05 Å². The van der Waals surface area contributed by atoms with E-state index < -0.39 is 17.2 Å². The van der Waals surface area contributed by atoms with Crippen molar-refractivity contribution in [2.75, 3.05) is 24.7 Å². The number of nitrogens with zero attached hydrogens (tertiary/aromatic N) is 4. The third-order valence-electron chi connectivity index (χ3n) is 5.57. The molecule has 0 atom stereocenters. The smallest absolute Gasteiger partial charge is 0.335 e. The van der Waals surface area contributed by atoms with Crippen LogP contribution in [0.2, 0.25) is 0 Å². The fraction of sp³-hybridized carbons (Fsp3) is 0.217. The molecule has 4 aromatic rings. The van der Waals surface area contributed by atoms with Gasteiger partial charge in [-0.2, -0.15) is 0 Å². The molecule has 2 heterocycles. The van der Waals surface area contributed by atoms with E-state index in [-0.39, 0.29) is 18.7 Å². The summed E-state index contributed by atoms with van der Waals surface area (Å²) in [5.41, 5.74) is 7.71. The van der Waals surface area contributed by atoms with E-state index in [2.05, 4.69) is 4.98 Å². The first-order chi connectivity index (χ1) is 15.2. The molecule has 2 aromatic heterocycles. The Morgan fingerprint density at radius 3 is 2.53 bits per heavy atom. The number of aliphatic carboxylic acids is 1. The van der Waals surface area contributed by atoms with Crippen LogP contribution in [0.3, 0.4) is 0 Å². The van der Waals surface area contributed by atoms with Crippen LogP contribution in [-0.2, 0) is 18.3 Å². The Morgan fingerprint density at radius 2 is 1.84 bits per heavy atom. The summed E-state index contributed by atoms with van der Waals surface area (Å²) < 4.78 is 2.52. The topological polar surface area (TPSA) is 123 Å². The lowest BCUT2D eigenvalue weighted by molar-refractivity contribution is -0.136. The van der Waals surface area contributed by atoms with Gasteiger partial charge in [-0.1, -0.05) is 6.07 Å². The molecule has 0 bridgehead atoms. The number of rotatable bonds is 5. The van der Waals surface area contributed by atoms with Crippen LogP contribution in [0.4, 0.5) is 11.5 Å². The molecule has 0 fully saturated rings. The van der Waals surface area contributed by atoms with Gasteiger partial charge in [-0.3, -0.25) is 14.2 Å². The van der Waals surface area contributed by atoms with Crippen molar-refractivity contribution in [1.82, 2.24) is 14.1 Å². The maximum Gasteiger partial charge on any atom is 0.335 e. The Morgan fingerprint density at radius 1 is 1.09 bits per heavy atom. The first kappa shape index (κ1) is 21.1. The Hall–Kier alpha value is -4.14. The summed E-state index contributed by atoms with van der Waals surface area (Å²) in [5.74, 6) is -0.684. The van der Waals surface area contributed by atoms with Crippen LogP contribution in [0.5, 0.6) is 0 Å². The number of benzene rings is 2. The second-order valence-electron chi connectivity index (χ2n) is 7.85. The molecule has 0 aliphatic heterocycles. The van der Waals surface area contributed by atoms with E-state index in [4.69, 9.17) is 10.8 Å². The first-order valence-electron chi connectivity index (χ1n) is 10.0. The van der Waals surface area contributed by atoms with Gasteiger partial charge in [0, 0.05) is 38.6 Å². The fourth-order valence-electron chi connectivity index (χ4n) is 3.86. The maximum absolute atomic E-state index is 13.5. The van der Waals surface area contributed by atoms with Gasteiger partial charge in [-0.05, 0) is 48.4 Å². The van der Waals surface area contributed by atoms with Gasteiger partial charge >= 0.3 is 11.7 Å². The van der Waals surface area contributed by atoms with Crippen LogP contribution in [0.15, 0.2) is 52.1 Å². The molecule has 0 aliphatic rings. The van der Waals surface area contributed by atoms with Crippen LogP contribution in [0, 0.1) is 0 Å². The third kappa shape index (κ3) is 3.47. The predicted octanol–water partition coefficient (Wildman–Crippen LogP) is 1.90.